The Kier molecular flexibility index (Phi) is 8.82. The van der Waals surface area contributed by atoms with Gasteiger partial charge in [-0.15, -0.1) is 0 Å². The van der Waals surface area contributed by atoms with Gasteiger partial charge in [0, 0.05) is 6.04 Å². The molecule has 3 nitrogen and oxygen atoms in total. The Bertz CT molecular complexity index is 343. The van der Waals surface area contributed by atoms with E-state index in [9.17, 15) is 4.21 Å². The SMILES string of the molecule is CC[N+](C)(CC)CCCC(C)NS(=O)C(C)(C)CC(C)(C)C. The molecule has 0 aromatic heterocycles. The van der Waals surface area contributed by atoms with Gasteiger partial charge in [0.15, 0.2) is 0 Å². The van der Waals surface area contributed by atoms with Crippen molar-refractivity contribution in [1.29, 1.82) is 0 Å². The second-order valence-corrected chi connectivity index (χ2v) is 10.8. The van der Waals surface area contributed by atoms with Crippen LogP contribution in [0.5, 0.6) is 0 Å². The van der Waals surface area contributed by atoms with Crippen molar-refractivity contribution < 1.29 is 8.69 Å². The molecule has 0 aliphatic carbocycles. The molecule has 0 aromatic rings. The third-order valence-electron chi connectivity index (χ3n) is 4.63. The van der Waals surface area contributed by atoms with Crippen molar-refractivity contribution in [3.05, 3.63) is 0 Å². The van der Waals surface area contributed by atoms with E-state index in [-0.39, 0.29) is 10.2 Å². The average Bonchev–Trinajstić information content (AvgIpc) is 2.35. The van der Waals surface area contributed by atoms with Crippen molar-refractivity contribution in [2.45, 2.75) is 85.4 Å². The zero-order valence-electron chi connectivity index (χ0n) is 16.6. The largest absolute Gasteiger partial charge is 0.327 e. The molecule has 4 heteroatoms. The molecule has 2 unspecified atom stereocenters. The highest BCUT2D eigenvalue weighted by Crippen LogP contribution is 2.30. The molecule has 0 aromatic carbocycles. The number of hydrogen-bond acceptors (Lipinski definition) is 1. The summed E-state index contributed by atoms with van der Waals surface area (Å²) in [6.45, 7) is 21.1. The Labute approximate surface area is 142 Å². The minimum absolute atomic E-state index is 0.191. The summed E-state index contributed by atoms with van der Waals surface area (Å²) in [4.78, 5) is 0. The Morgan fingerprint density at radius 3 is 2.00 bits per heavy atom. The Hall–Kier alpha value is 0.0700. The third kappa shape index (κ3) is 8.64. The quantitative estimate of drug-likeness (QED) is 0.599. The normalized spacial score (nSPS) is 16.6. The second-order valence-electron chi connectivity index (χ2n) is 8.90. The Morgan fingerprint density at radius 2 is 1.59 bits per heavy atom. The molecule has 0 aliphatic rings. The third-order valence-corrected chi connectivity index (χ3v) is 6.39. The molecule has 0 fully saturated rings. The second kappa shape index (κ2) is 8.79. The summed E-state index contributed by atoms with van der Waals surface area (Å²) in [6.07, 6.45) is 3.22. The summed E-state index contributed by atoms with van der Waals surface area (Å²) in [5.41, 5.74) is 0.200. The first kappa shape index (κ1) is 22.1. The van der Waals surface area contributed by atoms with Gasteiger partial charge < -0.3 is 4.48 Å². The van der Waals surface area contributed by atoms with E-state index >= 15 is 0 Å². The maximum absolute atomic E-state index is 12.6. The predicted molar refractivity (Wildman–Crippen MR) is 100 cm³/mol. The van der Waals surface area contributed by atoms with Crippen molar-refractivity contribution in [2.24, 2.45) is 5.41 Å². The van der Waals surface area contributed by atoms with Gasteiger partial charge in [-0.25, -0.2) is 8.93 Å². The molecule has 134 valence electrons. The Balaban J connectivity index is 4.31. The molecule has 0 spiro atoms. The van der Waals surface area contributed by atoms with Crippen molar-refractivity contribution in [2.75, 3.05) is 26.7 Å². The summed E-state index contributed by atoms with van der Waals surface area (Å²) >= 11 is 0. The van der Waals surface area contributed by atoms with Gasteiger partial charge in [0.25, 0.3) is 0 Å². The van der Waals surface area contributed by atoms with E-state index in [1.165, 1.54) is 26.1 Å². The fourth-order valence-corrected chi connectivity index (χ4v) is 4.43. The van der Waals surface area contributed by atoms with Gasteiger partial charge in [-0.05, 0) is 59.3 Å². The number of nitrogens with zero attached hydrogens (tertiary/aromatic N) is 1. The Morgan fingerprint density at radius 1 is 1.09 bits per heavy atom. The molecule has 0 heterocycles. The summed E-state index contributed by atoms with van der Waals surface area (Å²) in [5.74, 6) is 0. The van der Waals surface area contributed by atoms with Crippen LogP contribution >= 0.6 is 0 Å². The van der Waals surface area contributed by atoms with Crippen molar-refractivity contribution in [1.82, 2.24) is 4.72 Å². The number of nitrogens with one attached hydrogen (secondary N) is 1. The first-order valence-electron chi connectivity index (χ1n) is 8.87. The summed E-state index contributed by atoms with van der Waals surface area (Å²) in [5, 5.41) is 0. The van der Waals surface area contributed by atoms with E-state index < -0.39 is 11.0 Å². The molecular weight excluding hydrogens is 292 g/mol. The highest BCUT2D eigenvalue weighted by molar-refractivity contribution is 7.84. The van der Waals surface area contributed by atoms with Crippen LogP contribution < -0.4 is 4.72 Å². The number of rotatable bonds is 10. The van der Waals surface area contributed by atoms with E-state index in [0.717, 1.165) is 17.3 Å². The summed E-state index contributed by atoms with van der Waals surface area (Å²) in [7, 11) is 1.33. The van der Waals surface area contributed by atoms with Crippen LogP contribution in [0.25, 0.3) is 0 Å². The van der Waals surface area contributed by atoms with Crippen LogP contribution in [-0.2, 0) is 11.0 Å². The molecule has 0 aliphatic heterocycles. The fraction of sp³-hybridized carbons (Fsp3) is 1.00. The zero-order valence-corrected chi connectivity index (χ0v) is 17.4. The molecule has 0 saturated carbocycles. The molecule has 22 heavy (non-hydrogen) atoms. The summed E-state index contributed by atoms with van der Waals surface area (Å²) in [6, 6.07) is 0.308. The van der Waals surface area contributed by atoms with E-state index in [4.69, 9.17) is 0 Å². The lowest BCUT2D eigenvalue weighted by atomic mass is 9.86. The fourth-order valence-electron chi connectivity index (χ4n) is 3.06. The summed E-state index contributed by atoms with van der Waals surface area (Å²) < 4.78 is 16.9. The first-order chi connectivity index (χ1) is 9.85. The van der Waals surface area contributed by atoms with Crippen LogP contribution in [0.3, 0.4) is 0 Å². The highest BCUT2D eigenvalue weighted by atomic mass is 32.2. The van der Waals surface area contributed by atoms with Gasteiger partial charge in [0.05, 0.1) is 42.4 Å². The van der Waals surface area contributed by atoms with Gasteiger partial charge in [-0.1, -0.05) is 20.8 Å². The maximum Gasteiger partial charge on any atom is 0.0975 e. The van der Waals surface area contributed by atoms with E-state index in [1.54, 1.807) is 0 Å². The van der Waals surface area contributed by atoms with E-state index in [1.807, 2.05) is 0 Å². The monoisotopic (exact) mass is 333 g/mol. The average molecular weight is 334 g/mol. The van der Waals surface area contributed by atoms with Crippen molar-refractivity contribution in [3.8, 4) is 0 Å². The molecular formula is C18H41N2OS+. The van der Waals surface area contributed by atoms with Gasteiger partial charge in [0.2, 0.25) is 0 Å². The van der Waals surface area contributed by atoms with E-state index in [0.29, 0.717) is 6.04 Å². The molecule has 0 bridgehead atoms. The molecule has 0 amide bonds. The standard InChI is InChI=1S/C18H41N2OS/c1-10-20(9,11-2)14-12-13-16(3)19-22(21)18(7,8)15-17(4,5)6/h16,19H,10-15H2,1-9H3/q+1. The van der Waals surface area contributed by atoms with Crippen LogP contribution in [-0.4, -0.2) is 46.2 Å². The molecule has 0 radical (unpaired) electrons. The highest BCUT2D eigenvalue weighted by Gasteiger charge is 2.32. The number of hydrogen-bond donors (Lipinski definition) is 1. The van der Waals surface area contributed by atoms with Gasteiger partial charge in [-0.2, -0.15) is 0 Å². The molecule has 0 saturated heterocycles. The zero-order chi connectivity index (χ0) is 17.6. The van der Waals surface area contributed by atoms with Crippen molar-refractivity contribution >= 4 is 11.0 Å². The smallest absolute Gasteiger partial charge is 0.0975 e. The topological polar surface area (TPSA) is 29.1 Å². The lowest BCUT2D eigenvalue weighted by Gasteiger charge is -2.33. The van der Waals surface area contributed by atoms with Crippen molar-refractivity contribution in [3.63, 3.8) is 0 Å². The van der Waals surface area contributed by atoms with Crippen LogP contribution in [0.1, 0.15) is 74.7 Å². The van der Waals surface area contributed by atoms with E-state index in [2.05, 4.69) is 67.2 Å². The van der Waals surface area contributed by atoms with Gasteiger partial charge >= 0.3 is 0 Å². The molecule has 0 rings (SSSR count). The maximum atomic E-state index is 12.6. The minimum atomic E-state index is -0.990. The number of quaternary nitrogens is 1. The molecule has 1 N–H and O–H groups in total. The van der Waals surface area contributed by atoms with Crippen LogP contribution in [0.4, 0.5) is 0 Å². The van der Waals surface area contributed by atoms with Crippen LogP contribution in [0.2, 0.25) is 0 Å². The molecule has 2 atom stereocenters. The van der Waals surface area contributed by atoms with Gasteiger partial charge in [0.1, 0.15) is 0 Å². The van der Waals surface area contributed by atoms with Crippen LogP contribution in [0.15, 0.2) is 0 Å². The first-order valence-corrected chi connectivity index (χ1v) is 10.0. The minimum Gasteiger partial charge on any atom is -0.327 e. The van der Waals surface area contributed by atoms with Crippen LogP contribution in [0, 0.1) is 5.41 Å². The van der Waals surface area contributed by atoms with Gasteiger partial charge in [-0.3, -0.25) is 0 Å². The lowest BCUT2D eigenvalue weighted by molar-refractivity contribution is -0.906. The predicted octanol–water partition coefficient (Wildman–Crippen LogP) is 4.11. The lowest BCUT2D eigenvalue weighted by Crippen LogP contribution is -2.45.